The molecule has 0 fully saturated rings. The van der Waals surface area contributed by atoms with E-state index >= 15 is 0 Å². The zero-order valence-electron chi connectivity index (χ0n) is 14.7. The molecule has 0 N–H and O–H groups in total. The van der Waals surface area contributed by atoms with Crippen LogP contribution in [0.4, 0.5) is 0 Å². The van der Waals surface area contributed by atoms with Crippen LogP contribution in [0.15, 0.2) is 18.0 Å². The first-order chi connectivity index (χ1) is 10.1. The van der Waals surface area contributed by atoms with Crippen molar-refractivity contribution in [1.82, 2.24) is 4.68 Å². The molecule has 0 aliphatic rings. The van der Waals surface area contributed by atoms with Crippen LogP contribution in [0.5, 0.6) is 0 Å². The molecule has 3 nitrogen and oxygen atoms in total. The van der Waals surface area contributed by atoms with Gasteiger partial charge in [0.15, 0.2) is 0 Å². The number of hydrogen-bond donors (Lipinski definition) is 0. The lowest BCUT2D eigenvalue weighted by Gasteiger charge is -2.22. The van der Waals surface area contributed by atoms with Crippen molar-refractivity contribution in [1.29, 1.82) is 0 Å². The molecular weight excluding hydrogens is 260 g/mol. The van der Waals surface area contributed by atoms with Gasteiger partial charge < -0.3 is 9.75 Å². The molecule has 120 valence electrons. The van der Waals surface area contributed by atoms with Crippen LogP contribution < -0.4 is 5.01 Å². The van der Waals surface area contributed by atoms with Crippen molar-refractivity contribution in [3.63, 3.8) is 0 Å². The summed E-state index contributed by atoms with van der Waals surface area (Å²) in [5, 5.41) is 2.14. The van der Waals surface area contributed by atoms with Crippen molar-refractivity contribution in [3.8, 4) is 0 Å². The molecule has 1 heterocycles. The quantitative estimate of drug-likeness (QED) is 0.619. The zero-order valence-corrected chi connectivity index (χ0v) is 14.7. The number of rotatable bonds is 9. The molecule has 0 radical (unpaired) electrons. The highest BCUT2D eigenvalue weighted by molar-refractivity contribution is 5.68. The maximum Gasteiger partial charge on any atom is 0.0978 e. The summed E-state index contributed by atoms with van der Waals surface area (Å²) in [4.78, 5) is 0. The topological polar surface area (TPSA) is 17.4 Å². The Balaban J connectivity index is 3.28. The van der Waals surface area contributed by atoms with Crippen LogP contribution in [-0.4, -0.2) is 25.9 Å². The van der Waals surface area contributed by atoms with Gasteiger partial charge in [0.1, 0.15) is 0 Å². The van der Waals surface area contributed by atoms with Gasteiger partial charge in [-0.25, -0.2) is 0 Å². The van der Waals surface area contributed by atoms with Crippen LogP contribution in [-0.2, 0) is 11.2 Å². The Morgan fingerprint density at radius 2 is 1.86 bits per heavy atom. The fraction of sp³-hybridized carbons (Fsp3) is 0.667. The molecule has 3 heteroatoms. The summed E-state index contributed by atoms with van der Waals surface area (Å²) in [5.41, 5.74) is 4.12. The predicted molar refractivity (Wildman–Crippen MR) is 92.2 cm³/mol. The van der Waals surface area contributed by atoms with Crippen molar-refractivity contribution in [3.05, 3.63) is 29.3 Å². The zero-order chi connectivity index (χ0) is 15.8. The Hall–Kier alpha value is -1.38. The second-order valence-corrected chi connectivity index (χ2v) is 5.83. The number of nitrogens with zero attached hydrogens (tertiary/aromatic N) is 2. The molecule has 0 aliphatic heterocycles. The highest BCUT2D eigenvalue weighted by atomic mass is 16.5. The molecule has 0 atom stereocenters. The summed E-state index contributed by atoms with van der Waals surface area (Å²) in [6, 6.07) is 2.26. The Bertz CT molecular complexity index is 458. The van der Waals surface area contributed by atoms with Crippen LogP contribution in [0, 0.1) is 0 Å². The van der Waals surface area contributed by atoms with E-state index in [4.69, 9.17) is 4.74 Å². The normalized spacial score (nSPS) is 12.3. The highest BCUT2D eigenvalue weighted by Crippen LogP contribution is 2.29. The SMILES string of the molecule is CCCC/C(=C(/C)OC)c1c(CCCC)ccn1N(C)C. The Labute approximate surface area is 130 Å². The molecule has 1 rings (SSSR count). The standard InChI is InChI=1S/C18H32N2O/c1-7-9-11-16-13-14-20(19(4)5)18(16)17(12-10-8-2)15(3)21-6/h13-14H,7-12H2,1-6H3/b17-15+. The lowest BCUT2D eigenvalue weighted by Crippen LogP contribution is -2.26. The minimum absolute atomic E-state index is 1.04. The van der Waals surface area contributed by atoms with Crippen LogP contribution in [0.3, 0.4) is 0 Å². The largest absolute Gasteiger partial charge is 0.501 e. The van der Waals surface area contributed by atoms with Gasteiger partial charge in [0.25, 0.3) is 0 Å². The number of aromatic nitrogens is 1. The van der Waals surface area contributed by atoms with E-state index in [-0.39, 0.29) is 0 Å². The van der Waals surface area contributed by atoms with Crippen LogP contribution in [0.1, 0.15) is 64.1 Å². The first kappa shape index (κ1) is 17.7. The molecule has 0 unspecified atom stereocenters. The first-order valence-corrected chi connectivity index (χ1v) is 8.18. The maximum atomic E-state index is 5.58. The molecule has 1 aromatic heterocycles. The van der Waals surface area contributed by atoms with Gasteiger partial charge in [-0.2, -0.15) is 0 Å². The van der Waals surface area contributed by atoms with E-state index in [2.05, 4.69) is 56.8 Å². The fourth-order valence-electron chi connectivity index (χ4n) is 2.63. The van der Waals surface area contributed by atoms with E-state index in [9.17, 15) is 0 Å². The van der Waals surface area contributed by atoms with E-state index < -0.39 is 0 Å². The van der Waals surface area contributed by atoms with Gasteiger partial charge in [-0.15, -0.1) is 0 Å². The second kappa shape index (κ2) is 8.81. The second-order valence-electron chi connectivity index (χ2n) is 5.83. The fourth-order valence-corrected chi connectivity index (χ4v) is 2.63. The Morgan fingerprint density at radius 1 is 1.19 bits per heavy atom. The van der Waals surface area contributed by atoms with E-state index in [0.29, 0.717) is 0 Å². The third-order valence-corrected chi connectivity index (χ3v) is 3.98. The number of hydrogen-bond acceptors (Lipinski definition) is 2. The molecule has 0 aliphatic carbocycles. The molecule has 0 saturated heterocycles. The minimum atomic E-state index is 1.04. The van der Waals surface area contributed by atoms with E-state index in [1.54, 1.807) is 7.11 Å². The smallest absolute Gasteiger partial charge is 0.0978 e. The number of aryl methyl sites for hydroxylation is 1. The lowest BCUT2D eigenvalue weighted by atomic mass is 9.98. The molecular formula is C18H32N2O. The van der Waals surface area contributed by atoms with Crippen molar-refractivity contribution >= 4 is 5.57 Å². The molecule has 0 amide bonds. The summed E-state index contributed by atoms with van der Waals surface area (Å²) in [5.74, 6) is 1.04. The maximum absolute atomic E-state index is 5.58. The number of ether oxygens (including phenoxy) is 1. The number of allylic oxidation sites excluding steroid dienone is 2. The number of unbranched alkanes of at least 4 members (excludes halogenated alkanes) is 2. The van der Waals surface area contributed by atoms with Gasteiger partial charge in [-0.3, -0.25) is 4.68 Å². The predicted octanol–water partition coefficient (Wildman–Crippen LogP) is 4.60. The van der Waals surface area contributed by atoms with Crippen molar-refractivity contribution in [2.45, 2.75) is 59.3 Å². The molecule has 21 heavy (non-hydrogen) atoms. The van der Waals surface area contributed by atoms with Gasteiger partial charge in [0, 0.05) is 25.9 Å². The molecule has 0 saturated carbocycles. The van der Waals surface area contributed by atoms with E-state index in [1.165, 1.54) is 42.5 Å². The van der Waals surface area contributed by atoms with E-state index in [0.717, 1.165) is 18.6 Å². The lowest BCUT2D eigenvalue weighted by molar-refractivity contribution is 0.294. The van der Waals surface area contributed by atoms with Gasteiger partial charge in [0.2, 0.25) is 0 Å². The van der Waals surface area contributed by atoms with E-state index in [1.807, 2.05) is 0 Å². The van der Waals surface area contributed by atoms with Crippen LogP contribution in [0.25, 0.3) is 5.57 Å². The monoisotopic (exact) mass is 292 g/mol. The van der Waals surface area contributed by atoms with Crippen molar-refractivity contribution < 1.29 is 4.74 Å². The summed E-state index contributed by atoms with van der Waals surface area (Å²) < 4.78 is 7.82. The third-order valence-electron chi connectivity index (χ3n) is 3.98. The molecule has 0 aromatic carbocycles. The Kier molecular flexibility index (Phi) is 7.41. The third kappa shape index (κ3) is 4.55. The average molecular weight is 292 g/mol. The first-order valence-electron chi connectivity index (χ1n) is 8.18. The van der Waals surface area contributed by atoms with Gasteiger partial charge in [-0.05, 0) is 44.2 Å². The van der Waals surface area contributed by atoms with Gasteiger partial charge >= 0.3 is 0 Å². The number of methoxy groups -OCH3 is 1. The molecule has 1 aromatic rings. The summed E-state index contributed by atoms with van der Waals surface area (Å²) in [7, 11) is 5.95. The summed E-state index contributed by atoms with van der Waals surface area (Å²) in [6.45, 7) is 6.57. The molecule has 0 bridgehead atoms. The highest BCUT2D eigenvalue weighted by Gasteiger charge is 2.17. The van der Waals surface area contributed by atoms with Crippen LogP contribution in [0.2, 0.25) is 0 Å². The van der Waals surface area contributed by atoms with Crippen molar-refractivity contribution in [2.75, 3.05) is 26.2 Å². The Morgan fingerprint density at radius 3 is 2.38 bits per heavy atom. The minimum Gasteiger partial charge on any atom is -0.501 e. The molecule has 0 spiro atoms. The van der Waals surface area contributed by atoms with Crippen molar-refractivity contribution in [2.24, 2.45) is 0 Å². The average Bonchev–Trinajstić information content (AvgIpc) is 2.89. The summed E-state index contributed by atoms with van der Waals surface area (Å²) in [6.07, 6.45) is 9.25. The van der Waals surface area contributed by atoms with Gasteiger partial charge in [-0.1, -0.05) is 26.7 Å². The van der Waals surface area contributed by atoms with Crippen LogP contribution >= 0.6 is 0 Å². The van der Waals surface area contributed by atoms with Gasteiger partial charge in [0.05, 0.1) is 18.6 Å². The summed E-state index contributed by atoms with van der Waals surface area (Å²) >= 11 is 0.